The van der Waals surface area contributed by atoms with Gasteiger partial charge < -0.3 is 11.5 Å². The molecule has 1 aromatic rings. The minimum absolute atomic E-state index is 0.165. The van der Waals surface area contributed by atoms with Gasteiger partial charge in [-0.25, -0.2) is 23.1 Å². The zero-order chi connectivity index (χ0) is 10.1. The van der Waals surface area contributed by atoms with Gasteiger partial charge in [0.2, 0.25) is 10.0 Å². The number of anilines is 2. The first-order valence-corrected chi connectivity index (χ1v) is 4.77. The van der Waals surface area contributed by atoms with Gasteiger partial charge in [0.05, 0.1) is 0 Å². The Labute approximate surface area is 75.2 Å². The van der Waals surface area contributed by atoms with Gasteiger partial charge in [0.25, 0.3) is 0 Å². The second-order valence-electron chi connectivity index (χ2n) is 2.18. The number of nitrogens with zero attached hydrogens (tertiary/aromatic N) is 2. The Morgan fingerprint density at radius 1 is 1.31 bits per heavy atom. The third kappa shape index (κ3) is 1.68. The molecule has 0 amide bonds. The molecule has 0 aliphatic rings. The minimum atomic E-state index is -3.68. The highest BCUT2D eigenvalue weighted by atomic mass is 32.2. The molecule has 0 atom stereocenters. The van der Waals surface area contributed by atoms with E-state index < -0.39 is 10.0 Å². The number of nitrogens with two attached hydrogens (primary N) is 2. The van der Waals surface area contributed by atoms with Gasteiger partial charge >= 0.3 is 0 Å². The molecule has 1 aromatic heterocycles. The third-order valence-electron chi connectivity index (χ3n) is 1.40. The Hall–Kier alpha value is -1.41. The van der Waals surface area contributed by atoms with Gasteiger partial charge in [-0.15, -0.1) is 0 Å². The zero-order valence-electron chi connectivity index (χ0n) is 6.85. The van der Waals surface area contributed by atoms with Gasteiger partial charge in [-0.05, 0) is 7.05 Å². The normalized spacial score (nSPS) is 11.5. The van der Waals surface area contributed by atoms with Gasteiger partial charge in [-0.3, -0.25) is 0 Å². The molecule has 72 valence electrons. The molecule has 0 spiro atoms. The number of hydrogen-bond acceptors (Lipinski definition) is 6. The molecule has 0 saturated heterocycles. The fourth-order valence-electron chi connectivity index (χ4n) is 0.779. The molecule has 0 unspecified atom stereocenters. The van der Waals surface area contributed by atoms with Gasteiger partial charge in [-0.2, -0.15) is 0 Å². The average Bonchev–Trinajstić information content (AvgIpc) is 2.03. The summed E-state index contributed by atoms with van der Waals surface area (Å²) in [6.45, 7) is 0. The topological polar surface area (TPSA) is 124 Å². The summed E-state index contributed by atoms with van der Waals surface area (Å²) in [6, 6.07) is 0. The number of rotatable bonds is 2. The van der Waals surface area contributed by atoms with E-state index in [0.717, 1.165) is 6.33 Å². The zero-order valence-corrected chi connectivity index (χ0v) is 7.67. The van der Waals surface area contributed by atoms with Gasteiger partial charge in [0.15, 0.2) is 4.90 Å². The van der Waals surface area contributed by atoms with Crippen LogP contribution in [0.5, 0.6) is 0 Å². The van der Waals surface area contributed by atoms with Crippen molar-refractivity contribution < 1.29 is 8.42 Å². The lowest BCUT2D eigenvalue weighted by molar-refractivity contribution is 0.588. The Bertz CT molecular complexity index is 395. The van der Waals surface area contributed by atoms with Crippen molar-refractivity contribution in [3.63, 3.8) is 0 Å². The lowest BCUT2D eigenvalue weighted by atomic mass is 10.5. The maximum absolute atomic E-state index is 11.3. The molecule has 0 saturated carbocycles. The Morgan fingerprint density at radius 3 is 2.15 bits per heavy atom. The first kappa shape index (κ1) is 9.68. The van der Waals surface area contributed by atoms with Crippen LogP contribution in [0.4, 0.5) is 11.6 Å². The van der Waals surface area contributed by atoms with Gasteiger partial charge in [-0.1, -0.05) is 0 Å². The van der Waals surface area contributed by atoms with Crippen LogP contribution in [-0.2, 0) is 10.0 Å². The quantitative estimate of drug-likeness (QED) is 0.540. The lowest BCUT2D eigenvalue weighted by Crippen LogP contribution is -2.22. The first-order valence-electron chi connectivity index (χ1n) is 3.28. The van der Waals surface area contributed by atoms with Gasteiger partial charge in [0.1, 0.15) is 18.0 Å². The predicted octanol–water partition coefficient (Wildman–Crippen LogP) is -1.45. The summed E-state index contributed by atoms with van der Waals surface area (Å²) in [4.78, 5) is 6.76. The first-order chi connectivity index (χ1) is 5.99. The van der Waals surface area contributed by atoms with Crippen LogP contribution in [0.2, 0.25) is 0 Å². The second-order valence-corrected chi connectivity index (χ2v) is 4.00. The van der Waals surface area contributed by atoms with E-state index in [0.29, 0.717) is 0 Å². The summed E-state index contributed by atoms with van der Waals surface area (Å²) >= 11 is 0. The molecule has 1 heterocycles. The maximum atomic E-state index is 11.3. The van der Waals surface area contributed by atoms with E-state index in [9.17, 15) is 8.42 Å². The summed E-state index contributed by atoms with van der Waals surface area (Å²) in [5, 5.41) is 0. The highest BCUT2D eigenvalue weighted by Crippen LogP contribution is 2.19. The van der Waals surface area contributed by atoms with Gasteiger partial charge in [0, 0.05) is 0 Å². The molecule has 8 heteroatoms. The number of nitrogen functional groups attached to an aromatic ring is 2. The van der Waals surface area contributed by atoms with E-state index in [1.54, 1.807) is 0 Å². The SMILES string of the molecule is CNS(=O)(=O)c1c(N)ncnc1N. The summed E-state index contributed by atoms with van der Waals surface area (Å²) in [5.41, 5.74) is 10.7. The number of nitrogens with one attached hydrogen (secondary N) is 1. The molecule has 0 aromatic carbocycles. The smallest absolute Gasteiger partial charge is 0.247 e. The molecular weight excluding hydrogens is 194 g/mol. The molecule has 7 nitrogen and oxygen atoms in total. The van der Waals surface area contributed by atoms with E-state index in [1.807, 2.05) is 0 Å². The van der Waals surface area contributed by atoms with Crippen molar-refractivity contribution >= 4 is 21.7 Å². The van der Waals surface area contributed by atoms with Crippen LogP contribution in [0, 0.1) is 0 Å². The van der Waals surface area contributed by atoms with Crippen molar-refractivity contribution in [1.29, 1.82) is 0 Å². The molecule has 1 rings (SSSR count). The molecule has 13 heavy (non-hydrogen) atoms. The fraction of sp³-hybridized carbons (Fsp3) is 0.200. The fourth-order valence-corrected chi connectivity index (χ4v) is 1.64. The van der Waals surface area contributed by atoms with Crippen LogP contribution >= 0.6 is 0 Å². The number of aromatic nitrogens is 2. The third-order valence-corrected chi connectivity index (χ3v) is 2.89. The Kier molecular flexibility index (Phi) is 2.34. The summed E-state index contributed by atoms with van der Waals surface area (Å²) < 4.78 is 24.7. The predicted molar refractivity (Wildman–Crippen MR) is 47.1 cm³/mol. The van der Waals surface area contributed by atoms with E-state index in [-0.39, 0.29) is 16.5 Å². The van der Waals surface area contributed by atoms with E-state index in [2.05, 4.69) is 14.7 Å². The Balaban J connectivity index is 3.46. The molecular formula is C5H9N5O2S. The van der Waals surface area contributed by atoms with Crippen molar-refractivity contribution in [1.82, 2.24) is 14.7 Å². The van der Waals surface area contributed by atoms with E-state index in [4.69, 9.17) is 11.5 Å². The van der Waals surface area contributed by atoms with Crippen molar-refractivity contribution in [2.75, 3.05) is 18.5 Å². The average molecular weight is 203 g/mol. The molecule has 0 radical (unpaired) electrons. The second kappa shape index (κ2) is 3.15. The minimum Gasteiger partial charge on any atom is -0.382 e. The largest absolute Gasteiger partial charge is 0.382 e. The van der Waals surface area contributed by atoms with Crippen molar-refractivity contribution in [2.24, 2.45) is 0 Å². The van der Waals surface area contributed by atoms with Crippen LogP contribution < -0.4 is 16.2 Å². The highest BCUT2D eigenvalue weighted by Gasteiger charge is 2.20. The molecule has 0 aliphatic heterocycles. The monoisotopic (exact) mass is 203 g/mol. The molecule has 0 bridgehead atoms. The molecule has 5 N–H and O–H groups in total. The van der Waals surface area contributed by atoms with Crippen LogP contribution in [0.3, 0.4) is 0 Å². The molecule has 0 fully saturated rings. The van der Waals surface area contributed by atoms with Crippen molar-refractivity contribution in [2.45, 2.75) is 4.90 Å². The van der Waals surface area contributed by atoms with Crippen LogP contribution in [0.25, 0.3) is 0 Å². The van der Waals surface area contributed by atoms with E-state index in [1.165, 1.54) is 7.05 Å². The van der Waals surface area contributed by atoms with Crippen LogP contribution in [-0.4, -0.2) is 25.4 Å². The van der Waals surface area contributed by atoms with E-state index >= 15 is 0 Å². The number of hydrogen-bond donors (Lipinski definition) is 3. The summed E-state index contributed by atoms with van der Waals surface area (Å²) in [5.74, 6) is -0.330. The van der Waals surface area contributed by atoms with Crippen molar-refractivity contribution in [3.05, 3.63) is 6.33 Å². The van der Waals surface area contributed by atoms with Crippen molar-refractivity contribution in [3.8, 4) is 0 Å². The lowest BCUT2D eigenvalue weighted by Gasteiger charge is -2.06. The number of sulfonamides is 1. The standard InChI is InChI=1S/C5H9N5O2S/c1-8-13(11,12)3-4(6)9-2-10-5(3)7/h2,8H,1H3,(H4,6,7,9,10). The maximum Gasteiger partial charge on any atom is 0.247 e. The Morgan fingerprint density at radius 2 is 1.77 bits per heavy atom. The highest BCUT2D eigenvalue weighted by molar-refractivity contribution is 7.89. The molecule has 0 aliphatic carbocycles. The van der Waals surface area contributed by atoms with Crippen LogP contribution in [0.15, 0.2) is 11.2 Å². The van der Waals surface area contributed by atoms with Crippen LogP contribution in [0.1, 0.15) is 0 Å². The summed E-state index contributed by atoms with van der Waals surface area (Å²) in [7, 11) is -2.43. The summed E-state index contributed by atoms with van der Waals surface area (Å²) in [6.07, 6.45) is 1.10.